The second-order valence-electron chi connectivity index (χ2n) is 2.54. The van der Waals surface area contributed by atoms with E-state index in [0.717, 1.165) is 5.56 Å². The Bertz CT molecular complexity index is 330. The predicted octanol–water partition coefficient (Wildman–Crippen LogP) is 1.82. The summed E-state index contributed by atoms with van der Waals surface area (Å²) in [5.41, 5.74) is 0.864. The molecule has 0 saturated heterocycles. The van der Waals surface area contributed by atoms with E-state index in [1.807, 2.05) is 6.07 Å². The first-order valence-corrected chi connectivity index (χ1v) is 4.18. The first kappa shape index (κ1) is 10.2. The normalized spacial score (nSPS) is 10.0. The Morgan fingerprint density at radius 1 is 1.64 bits per heavy atom. The van der Waals surface area contributed by atoms with Gasteiger partial charge >= 0.3 is 5.97 Å². The van der Waals surface area contributed by atoms with Crippen LogP contribution in [-0.2, 0) is 9.53 Å². The van der Waals surface area contributed by atoms with Crippen molar-refractivity contribution in [2.45, 2.75) is 0 Å². The number of aromatic nitrogens is 1. The molecule has 0 aliphatic rings. The summed E-state index contributed by atoms with van der Waals surface area (Å²) < 4.78 is 4.75. The third-order valence-corrected chi connectivity index (χ3v) is 1.44. The summed E-state index contributed by atoms with van der Waals surface area (Å²) in [6, 6.07) is 3.65. The molecule has 0 unspecified atom stereocenters. The van der Waals surface area contributed by atoms with Crippen molar-refractivity contribution in [1.82, 2.24) is 4.98 Å². The highest BCUT2D eigenvalue weighted by atomic mass is 16.5. The average molecular weight is 189 g/mol. The lowest BCUT2D eigenvalue weighted by Gasteiger charge is -1.95. The summed E-state index contributed by atoms with van der Waals surface area (Å²) >= 11 is 0. The standard InChI is InChI=1S/C11H11NO2/c1-2-8-14-11(13)6-5-10-4-3-7-12-9-10/h2-7,9H,1,8H2/b6-5+. The van der Waals surface area contributed by atoms with Crippen LogP contribution in [-0.4, -0.2) is 17.6 Å². The van der Waals surface area contributed by atoms with Crippen LogP contribution in [0.2, 0.25) is 0 Å². The van der Waals surface area contributed by atoms with Crippen LogP contribution in [0, 0.1) is 0 Å². The average Bonchev–Trinajstić information content (AvgIpc) is 2.25. The summed E-state index contributed by atoms with van der Waals surface area (Å²) in [7, 11) is 0. The summed E-state index contributed by atoms with van der Waals surface area (Å²) in [6.07, 6.45) is 7.87. The van der Waals surface area contributed by atoms with Crippen LogP contribution in [0.5, 0.6) is 0 Å². The Morgan fingerprint density at radius 2 is 2.50 bits per heavy atom. The Kier molecular flexibility index (Phi) is 4.14. The molecule has 0 saturated carbocycles. The van der Waals surface area contributed by atoms with E-state index in [-0.39, 0.29) is 12.6 Å². The van der Waals surface area contributed by atoms with Crippen molar-refractivity contribution in [2.75, 3.05) is 6.61 Å². The molecule has 72 valence electrons. The second-order valence-corrected chi connectivity index (χ2v) is 2.54. The second kappa shape index (κ2) is 5.70. The molecule has 0 bridgehead atoms. The number of ether oxygens (including phenoxy) is 1. The molecule has 1 aromatic rings. The van der Waals surface area contributed by atoms with Gasteiger partial charge in [0.1, 0.15) is 6.61 Å². The van der Waals surface area contributed by atoms with Gasteiger partial charge < -0.3 is 4.74 Å². The van der Waals surface area contributed by atoms with Crippen LogP contribution in [0.25, 0.3) is 6.08 Å². The number of pyridine rings is 1. The van der Waals surface area contributed by atoms with E-state index in [1.54, 1.807) is 24.5 Å². The van der Waals surface area contributed by atoms with Crippen molar-refractivity contribution in [3.63, 3.8) is 0 Å². The molecule has 1 rings (SSSR count). The van der Waals surface area contributed by atoms with Crippen molar-refractivity contribution in [3.05, 3.63) is 48.8 Å². The van der Waals surface area contributed by atoms with Crippen molar-refractivity contribution < 1.29 is 9.53 Å². The highest BCUT2D eigenvalue weighted by molar-refractivity contribution is 5.86. The van der Waals surface area contributed by atoms with Gasteiger partial charge in [-0.25, -0.2) is 4.79 Å². The molecule has 0 radical (unpaired) electrons. The van der Waals surface area contributed by atoms with Gasteiger partial charge in [0, 0.05) is 18.5 Å². The Labute approximate surface area is 82.7 Å². The van der Waals surface area contributed by atoms with Gasteiger partial charge in [-0.05, 0) is 17.7 Å². The van der Waals surface area contributed by atoms with Crippen LogP contribution in [0.3, 0.4) is 0 Å². The van der Waals surface area contributed by atoms with Crippen LogP contribution < -0.4 is 0 Å². The highest BCUT2D eigenvalue weighted by Crippen LogP contribution is 1.98. The molecule has 0 atom stereocenters. The van der Waals surface area contributed by atoms with E-state index in [1.165, 1.54) is 12.2 Å². The number of carbonyl (C=O) groups is 1. The summed E-state index contributed by atoms with van der Waals surface area (Å²) in [4.78, 5) is 14.9. The molecule has 0 amide bonds. The van der Waals surface area contributed by atoms with E-state index < -0.39 is 0 Å². The molecule has 0 aromatic carbocycles. The Morgan fingerprint density at radius 3 is 3.14 bits per heavy atom. The zero-order valence-corrected chi connectivity index (χ0v) is 7.72. The smallest absolute Gasteiger partial charge is 0.331 e. The maximum absolute atomic E-state index is 11.0. The SMILES string of the molecule is C=CCOC(=O)/C=C/c1cccnc1. The molecule has 0 spiro atoms. The number of rotatable bonds is 4. The van der Waals surface area contributed by atoms with E-state index in [2.05, 4.69) is 11.6 Å². The lowest BCUT2D eigenvalue weighted by atomic mass is 10.2. The molecular formula is C11H11NO2. The van der Waals surface area contributed by atoms with Crippen molar-refractivity contribution in [2.24, 2.45) is 0 Å². The minimum atomic E-state index is -0.381. The van der Waals surface area contributed by atoms with Gasteiger partial charge in [-0.3, -0.25) is 4.98 Å². The fourth-order valence-corrected chi connectivity index (χ4v) is 0.828. The largest absolute Gasteiger partial charge is 0.458 e. The van der Waals surface area contributed by atoms with Gasteiger partial charge in [0.2, 0.25) is 0 Å². The lowest BCUT2D eigenvalue weighted by molar-refractivity contribution is -0.136. The maximum atomic E-state index is 11.0. The number of hydrogen-bond acceptors (Lipinski definition) is 3. The van der Waals surface area contributed by atoms with Crippen molar-refractivity contribution in [3.8, 4) is 0 Å². The van der Waals surface area contributed by atoms with Gasteiger partial charge in [0.05, 0.1) is 0 Å². The number of hydrogen-bond donors (Lipinski definition) is 0. The zero-order chi connectivity index (χ0) is 10.2. The van der Waals surface area contributed by atoms with Crippen LogP contribution >= 0.6 is 0 Å². The van der Waals surface area contributed by atoms with Gasteiger partial charge in [-0.15, -0.1) is 0 Å². The molecule has 1 aromatic heterocycles. The lowest BCUT2D eigenvalue weighted by Crippen LogP contribution is -1.99. The number of nitrogens with zero attached hydrogens (tertiary/aromatic N) is 1. The monoisotopic (exact) mass is 189 g/mol. The first-order chi connectivity index (χ1) is 6.83. The Hall–Kier alpha value is -1.90. The molecular weight excluding hydrogens is 178 g/mol. The zero-order valence-electron chi connectivity index (χ0n) is 7.72. The molecule has 0 fully saturated rings. The van der Waals surface area contributed by atoms with Crippen molar-refractivity contribution >= 4 is 12.0 Å². The van der Waals surface area contributed by atoms with Crippen LogP contribution in [0.15, 0.2) is 43.3 Å². The summed E-state index contributed by atoms with van der Waals surface area (Å²) in [5, 5.41) is 0. The maximum Gasteiger partial charge on any atom is 0.331 e. The molecule has 3 nitrogen and oxygen atoms in total. The fraction of sp³-hybridized carbons (Fsp3) is 0.0909. The predicted molar refractivity (Wildman–Crippen MR) is 54.4 cm³/mol. The molecule has 0 N–H and O–H groups in total. The molecule has 14 heavy (non-hydrogen) atoms. The van der Waals surface area contributed by atoms with Crippen LogP contribution in [0.1, 0.15) is 5.56 Å². The minimum Gasteiger partial charge on any atom is -0.458 e. The van der Waals surface area contributed by atoms with Crippen molar-refractivity contribution in [1.29, 1.82) is 0 Å². The first-order valence-electron chi connectivity index (χ1n) is 4.18. The van der Waals surface area contributed by atoms with E-state index in [4.69, 9.17) is 4.74 Å². The van der Waals surface area contributed by atoms with E-state index >= 15 is 0 Å². The minimum absolute atomic E-state index is 0.232. The fourth-order valence-electron chi connectivity index (χ4n) is 0.828. The Balaban J connectivity index is 2.48. The third kappa shape index (κ3) is 3.67. The number of carbonyl (C=O) groups excluding carboxylic acids is 1. The third-order valence-electron chi connectivity index (χ3n) is 1.44. The van der Waals surface area contributed by atoms with Gasteiger partial charge in [-0.1, -0.05) is 18.7 Å². The van der Waals surface area contributed by atoms with Crippen LogP contribution in [0.4, 0.5) is 0 Å². The molecule has 0 aliphatic heterocycles. The number of esters is 1. The summed E-state index contributed by atoms with van der Waals surface area (Å²) in [6.45, 7) is 3.67. The van der Waals surface area contributed by atoms with E-state index in [9.17, 15) is 4.79 Å². The summed E-state index contributed by atoms with van der Waals surface area (Å²) in [5.74, 6) is -0.381. The van der Waals surface area contributed by atoms with Gasteiger partial charge in [0.25, 0.3) is 0 Å². The topological polar surface area (TPSA) is 39.2 Å². The van der Waals surface area contributed by atoms with Gasteiger partial charge in [0.15, 0.2) is 0 Å². The molecule has 0 aliphatic carbocycles. The quantitative estimate of drug-likeness (QED) is 0.412. The van der Waals surface area contributed by atoms with Gasteiger partial charge in [-0.2, -0.15) is 0 Å². The highest BCUT2D eigenvalue weighted by Gasteiger charge is 1.93. The van der Waals surface area contributed by atoms with E-state index in [0.29, 0.717) is 0 Å². The molecule has 1 heterocycles. The molecule has 3 heteroatoms.